The Morgan fingerprint density at radius 1 is 1.00 bits per heavy atom. The standard InChI is InChI=1S/C25H42N2O4/c1-4-6-7-8-9-13-16-23(31-25(29)26-19-20-27(3)5-2)17-18-24(28)30-21-22-14-11-10-12-15-22/h10-12,14-15,23H,4-9,13,16-21H2,1-3H3,(H,26,29)/t23-/m1/s1. The number of carbonyl (C=O) groups is 2. The summed E-state index contributed by atoms with van der Waals surface area (Å²) in [6, 6.07) is 9.63. The lowest BCUT2D eigenvalue weighted by molar-refractivity contribution is -0.145. The van der Waals surface area contributed by atoms with Crippen LogP contribution in [0.2, 0.25) is 0 Å². The maximum Gasteiger partial charge on any atom is 0.407 e. The van der Waals surface area contributed by atoms with Gasteiger partial charge in [-0.05, 0) is 38.4 Å². The third kappa shape index (κ3) is 14.5. The second kappa shape index (κ2) is 17.6. The molecule has 0 aliphatic rings. The average molecular weight is 435 g/mol. The van der Waals surface area contributed by atoms with Crippen molar-refractivity contribution >= 4 is 12.1 Å². The summed E-state index contributed by atoms with van der Waals surface area (Å²) in [4.78, 5) is 26.5. The highest BCUT2D eigenvalue weighted by Crippen LogP contribution is 2.15. The van der Waals surface area contributed by atoms with E-state index in [0.717, 1.165) is 37.9 Å². The summed E-state index contributed by atoms with van der Waals surface area (Å²) in [7, 11) is 2.01. The molecule has 6 nitrogen and oxygen atoms in total. The molecule has 0 fully saturated rings. The van der Waals surface area contributed by atoms with Crippen LogP contribution in [0, 0.1) is 0 Å². The van der Waals surface area contributed by atoms with Gasteiger partial charge in [-0.3, -0.25) is 4.79 Å². The minimum Gasteiger partial charge on any atom is -0.461 e. The zero-order valence-corrected chi connectivity index (χ0v) is 19.7. The molecule has 1 aromatic rings. The summed E-state index contributed by atoms with van der Waals surface area (Å²) >= 11 is 0. The molecule has 1 aromatic carbocycles. The van der Waals surface area contributed by atoms with Crippen LogP contribution in [0.1, 0.15) is 77.2 Å². The number of likely N-dealkylation sites (N-methyl/N-ethyl adjacent to an activating group) is 1. The normalized spacial score (nSPS) is 11.9. The van der Waals surface area contributed by atoms with Gasteiger partial charge in [-0.2, -0.15) is 0 Å². The van der Waals surface area contributed by atoms with Crippen molar-refractivity contribution in [1.29, 1.82) is 0 Å². The molecule has 176 valence electrons. The summed E-state index contributed by atoms with van der Waals surface area (Å²) in [5.41, 5.74) is 0.965. The molecule has 0 saturated carbocycles. The molecule has 0 heterocycles. The number of carbonyl (C=O) groups excluding carboxylic acids is 2. The quantitative estimate of drug-likeness (QED) is 0.266. The Kier molecular flexibility index (Phi) is 15.3. The smallest absolute Gasteiger partial charge is 0.407 e. The first kappa shape index (κ1) is 27.0. The Bertz CT molecular complexity index is 594. The first-order valence-corrected chi connectivity index (χ1v) is 11.9. The van der Waals surface area contributed by atoms with E-state index >= 15 is 0 Å². The van der Waals surface area contributed by atoms with Gasteiger partial charge in [-0.25, -0.2) is 4.79 Å². The molecule has 1 N–H and O–H groups in total. The molecule has 0 aromatic heterocycles. The summed E-state index contributed by atoms with van der Waals surface area (Å²) < 4.78 is 11.0. The van der Waals surface area contributed by atoms with Crippen molar-refractivity contribution in [2.75, 3.05) is 26.7 Å². The summed E-state index contributed by atoms with van der Waals surface area (Å²) in [6.07, 6.45) is 7.92. The van der Waals surface area contributed by atoms with Gasteiger partial charge in [0.2, 0.25) is 0 Å². The number of nitrogens with zero attached hydrogens (tertiary/aromatic N) is 1. The van der Waals surface area contributed by atoms with Gasteiger partial charge in [-0.15, -0.1) is 0 Å². The van der Waals surface area contributed by atoms with E-state index < -0.39 is 6.09 Å². The number of benzene rings is 1. The van der Waals surface area contributed by atoms with Crippen molar-refractivity contribution in [3.8, 4) is 0 Å². The summed E-state index contributed by atoms with van der Waals surface area (Å²) in [6.45, 7) is 6.81. The van der Waals surface area contributed by atoms with E-state index in [1.54, 1.807) is 0 Å². The van der Waals surface area contributed by atoms with E-state index in [4.69, 9.17) is 9.47 Å². The highest BCUT2D eigenvalue weighted by Gasteiger charge is 2.17. The molecule has 0 saturated heterocycles. The van der Waals surface area contributed by atoms with Gasteiger partial charge >= 0.3 is 12.1 Å². The largest absolute Gasteiger partial charge is 0.461 e. The van der Waals surface area contributed by atoms with Gasteiger partial charge in [-0.1, -0.05) is 76.3 Å². The minimum absolute atomic E-state index is 0.249. The van der Waals surface area contributed by atoms with Gasteiger partial charge in [0.25, 0.3) is 0 Å². The molecule has 0 bridgehead atoms. The number of hydrogen-bond acceptors (Lipinski definition) is 5. The van der Waals surface area contributed by atoms with Crippen LogP contribution in [0.15, 0.2) is 30.3 Å². The predicted octanol–water partition coefficient (Wildman–Crippen LogP) is 5.31. The second-order valence-electron chi connectivity index (χ2n) is 8.09. The third-order valence-corrected chi connectivity index (χ3v) is 5.37. The molecule has 0 unspecified atom stereocenters. The molecule has 0 spiro atoms. The average Bonchev–Trinajstić information content (AvgIpc) is 2.78. The van der Waals surface area contributed by atoms with E-state index in [9.17, 15) is 9.59 Å². The fourth-order valence-corrected chi connectivity index (χ4v) is 3.20. The molecule has 0 radical (unpaired) electrons. The zero-order chi connectivity index (χ0) is 22.7. The number of nitrogens with one attached hydrogen (secondary N) is 1. The van der Waals surface area contributed by atoms with Crippen LogP contribution in [-0.2, 0) is 20.9 Å². The van der Waals surface area contributed by atoms with Crippen molar-refractivity contribution in [3.63, 3.8) is 0 Å². The zero-order valence-electron chi connectivity index (χ0n) is 19.7. The lowest BCUT2D eigenvalue weighted by atomic mass is 10.0. The van der Waals surface area contributed by atoms with Crippen LogP contribution in [0.3, 0.4) is 0 Å². The first-order valence-electron chi connectivity index (χ1n) is 11.9. The fourth-order valence-electron chi connectivity index (χ4n) is 3.20. The number of ether oxygens (including phenoxy) is 2. The molecule has 31 heavy (non-hydrogen) atoms. The number of rotatable bonds is 17. The number of alkyl carbamates (subject to hydrolysis) is 1. The lowest BCUT2D eigenvalue weighted by Crippen LogP contribution is -2.35. The van der Waals surface area contributed by atoms with Gasteiger partial charge in [0.05, 0.1) is 0 Å². The maximum absolute atomic E-state index is 12.2. The Morgan fingerprint density at radius 3 is 2.42 bits per heavy atom. The minimum atomic E-state index is -0.405. The van der Waals surface area contributed by atoms with E-state index in [1.807, 2.05) is 37.4 Å². The third-order valence-electron chi connectivity index (χ3n) is 5.37. The second-order valence-corrected chi connectivity index (χ2v) is 8.09. The van der Waals surface area contributed by atoms with Crippen molar-refractivity contribution in [2.24, 2.45) is 0 Å². The molecular weight excluding hydrogens is 392 g/mol. The fraction of sp³-hybridized carbons (Fsp3) is 0.680. The van der Waals surface area contributed by atoms with Crippen LogP contribution in [0.4, 0.5) is 4.79 Å². The number of esters is 1. The van der Waals surface area contributed by atoms with Gasteiger partial charge in [0.15, 0.2) is 0 Å². The van der Waals surface area contributed by atoms with Crippen LogP contribution < -0.4 is 5.32 Å². The van der Waals surface area contributed by atoms with Crippen molar-refractivity contribution in [3.05, 3.63) is 35.9 Å². The molecular formula is C25H42N2O4. The van der Waals surface area contributed by atoms with E-state index in [2.05, 4.69) is 24.1 Å². The monoisotopic (exact) mass is 434 g/mol. The van der Waals surface area contributed by atoms with Crippen molar-refractivity contribution in [1.82, 2.24) is 10.2 Å². The van der Waals surface area contributed by atoms with Crippen molar-refractivity contribution in [2.45, 2.75) is 84.3 Å². The summed E-state index contributed by atoms with van der Waals surface area (Å²) in [5, 5.41) is 2.81. The lowest BCUT2D eigenvalue weighted by Gasteiger charge is -2.19. The van der Waals surface area contributed by atoms with Gasteiger partial charge in [0, 0.05) is 19.5 Å². The molecule has 1 amide bonds. The number of unbranched alkanes of at least 4 members (excludes halogenated alkanes) is 5. The molecule has 0 aliphatic carbocycles. The number of hydrogen-bond donors (Lipinski definition) is 1. The Morgan fingerprint density at radius 2 is 1.71 bits per heavy atom. The van der Waals surface area contributed by atoms with Crippen LogP contribution >= 0.6 is 0 Å². The number of amides is 1. The van der Waals surface area contributed by atoms with Crippen LogP contribution in [-0.4, -0.2) is 49.7 Å². The van der Waals surface area contributed by atoms with Crippen LogP contribution in [0.25, 0.3) is 0 Å². The SMILES string of the molecule is CCCCCCCC[C@H](CCC(=O)OCc1ccccc1)OC(=O)NCCN(C)CC. The van der Waals surface area contributed by atoms with Crippen LogP contribution in [0.5, 0.6) is 0 Å². The van der Waals surface area contributed by atoms with E-state index in [0.29, 0.717) is 13.0 Å². The molecule has 1 rings (SSSR count). The van der Waals surface area contributed by atoms with Gasteiger partial charge < -0.3 is 19.7 Å². The Hall–Kier alpha value is -2.08. The Labute approximate surface area is 188 Å². The highest BCUT2D eigenvalue weighted by atomic mass is 16.6. The predicted molar refractivity (Wildman–Crippen MR) is 125 cm³/mol. The first-order chi connectivity index (χ1) is 15.0. The topological polar surface area (TPSA) is 67.9 Å². The summed E-state index contributed by atoms with van der Waals surface area (Å²) in [5.74, 6) is -0.259. The molecule has 0 aliphatic heterocycles. The Balaban J connectivity index is 2.38. The molecule has 6 heteroatoms. The maximum atomic E-state index is 12.2. The van der Waals surface area contributed by atoms with E-state index in [1.165, 1.54) is 25.7 Å². The van der Waals surface area contributed by atoms with E-state index in [-0.39, 0.29) is 25.1 Å². The van der Waals surface area contributed by atoms with Gasteiger partial charge in [0.1, 0.15) is 12.7 Å². The highest BCUT2D eigenvalue weighted by molar-refractivity contribution is 5.70. The van der Waals surface area contributed by atoms with Crippen molar-refractivity contribution < 1.29 is 19.1 Å². The molecule has 1 atom stereocenters.